The van der Waals surface area contributed by atoms with Gasteiger partial charge < -0.3 is 20.5 Å². The maximum absolute atomic E-state index is 11.9. The van der Waals surface area contributed by atoms with Gasteiger partial charge in [0.05, 0.1) is 18.1 Å². The highest BCUT2D eigenvalue weighted by atomic mass is 16.6. The first-order valence-electron chi connectivity index (χ1n) is 6.90. The number of carboxylic acid groups (broad SMARTS) is 1. The molecule has 0 spiro atoms. The van der Waals surface area contributed by atoms with Crippen LogP contribution in [0.4, 0.5) is 5.69 Å². The summed E-state index contributed by atoms with van der Waals surface area (Å²) < 4.78 is 4.73. The molecule has 0 saturated heterocycles. The molecule has 0 aromatic heterocycles. The smallest absolute Gasteiger partial charge is 0.329 e. The monoisotopic (exact) mass is 339 g/mol. The largest absolute Gasteiger partial charge is 0.480 e. The molecule has 0 heterocycles. The highest BCUT2D eigenvalue weighted by Gasteiger charge is 2.14. The molecule has 24 heavy (non-hydrogen) atoms. The predicted molar refractivity (Wildman–Crippen MR) is 81.6 cm³/mol. The summed E-state index contributed by atoms with van der Waals surface area (Å²) in [4.78, 5) is 43.7. The van der Waals surface area contributed by atoms with Crippen molar-refractivity contribution in [2.75, 3.05) is 26.3 Å². The van der Waals surface area contributed by atoms with Gasteiger partial charge in [-0.2, -0.15) is 0 Å². The van der Waals surface area contributed by atoms with E-state index in [2.05, 4.69) is 10.6 Å². The maximum atomic E-state index is 11.9. The summed E-state index contributed by atoms with van der Waals surface area (Å²) in [5.41, 5.74) is 0.453. The number of rotatable bonds is 9. The van der Waals surface area contributed by atoms with Gasteiger partial charge in [-0.1, -0.05) is 0 Å². The fraction of sp³-hybridized carbons (Fsp3) is 0.357. The highest BCUT2D eigenvalue weighted by molar-refractivity contribution is 5.96. The van der Waals surface area contributed by atoms with Gasteiger partial charge in [0.25, 0.3) is 11.6 Å². The number of nitrogens with zero attached hydrogens (tertiary/aromatic N) is 1. The minimum absolute atomic E-state index is 0.0353. The van der Waals surface area contributed by atoms with Gasteiger partial charge in [0.2, 0.25) is 5.91 Å². The summed E-state index contributed by atoms with van der Waals surface area (Å²) in [7, 11) is 0. The standard InChI is InChI=1S/C14H17N3O7/c1-9-6-10(2-3-11(9)17(22)23)14(21)16-7-12(18)15-4-5-24-8-13(19)20/h2-3,6H,4-5,7-8H2,1H3,(H,15,18)(H,16,21)(H,19,20). The number of aliphatic carboxylic acids is 1. The Bertz CT molecular complexity index is 645. The fourth-order valence-electron chi connectivity index (χ4n) is 1.75. The molecule has 0 aliphatic heterocycles. The van der Waals surface area contributed by atoms with Crippen molar-refractivity contribution in [3.8, 4) is 0 Å². The van der Waals surface area contributed by atoms with Crippen molar-refractivity contribution < 1.29 is 29.2 Å². The van der Waals surface area contributed by atoms with E-state index in [1.54, 1.807) is 0 Å². The number of nitro benzene ring substituents is 1. The van der Waals surface area contributed by atoms with Crippen LogP contribution in [0.3, 0.4) is 0 Å². The quantitative estimate of drug-likeness (QED) is 0.322. The van der Waals surface area contributed by atoms with Gasteiger partial charge in [0.1, 0.15) is 6.61 Å². The third kappa shape index (κ3) is 6.40. The minimum Gasteiger partial charge on any atom is -0.480 e. The first kappa shape index (κ1) is 19.0. The van der Waals surface area contributed by atoms with E-state index in [0.29, 0.717) is 5.56 Å². The molecule has 0 unspecified atom stereocenters. The normalized spacial score (nSPS) is 10.0. The van der Waals surface area contributed by atoms with Crippen molar-refractivity contribution in [3.05, 3.63) is 39.4 Å². The number of benzene rings is 1. The number of hydrogen-bond donors (Lipinski definition) is 3. The molecule has 10 nitrogen and oxygen atoms in total. The zero-order valence-corrected chi connectivity index (χ0v) is 12.9. The van der Waals surface area contributed by atoms with Crippen LogP contribution in [0.5, 0.6) is 0 Å². The van der Waals surface area contributed by atoms with Crippen molar-refractivity contribution in [3.63, 3.8) is 0 Å². The van der Waals surface area contributed by atoms with Crippen LogP contribution >= 0.6 is 0 Å². The molecular formula is C14H17N3O7. The lowest BCUT2D eigenvalue weighted by molar-refractivity contribution is -0.385. The van der Waals surface area contributed by atoms with Crippen LogP contribution in [0.25, 0.3) is 0 Å². The van der Waals surface area contributed by atoms with E-state index >= 15 is 0 Å². The van der Waals surface area contributed by atoms with Crippen LogP contribution in [-0.2, 0) is 14.3 Å². The summed E-state index contributed by atoms with van der Waals surface area (Å²) >= 11 is 0. The van der Waals surface area contributed by atoms with E-state index in [0.717, 1.165) is 0 Å². The van der Waals surface area contributed by atoms with Crippen LogP contribution in [0.1, 0.15) is 15.9 Å². The third-order valence-electron chi connectivity index (χ3n) is 2.86. The van der Waals surface area contributed by atoms with Crippen LogP contribution in [-0.4, -0.2) is 54.1 Å². The number of nitro groups is 1. The van der Waals surface area contributed by atoms with Crippen molar-refractivity contribution >= 4 is 23.5 Å². The molecule has 0 aliphatic rings. The van der Waals surface area contributed by atoms with Gasteiger partial charge in [-0.05, 0) is 19.1 Å². The number of aryl methyl sites for hydroxylation is 1. The molecule has 10 heteroatoms. The molecule has 0 saturated carbocycles. The van der Waals surface area contributed by atoms with Crippen LogP contribution in [0.15, 0.2) is 18.2 Å². The summed E-state index contributed by atoms with van der Waals surface area (Å²) in [5, 5.41) is 23.9. The van der Waals surface area contributed by atoms with Crippen LogP contribution < -0.4 is 10.6 Å². The number of carbonyl (C=O) groups is 3. The molecule has 0 aliphatic carbocycles. The summed E-state index contributed by atoms with van der Waals surface area (Å²) in [6.07, 6.45) is 0. The lowest BCUT2D eigenvalue weighted by atomic mass is 10.1. The molecule has 0 radical (unpaired) electrons. The molecule has 1 aromatic rings. The van der Waals surface area contributed by atoms with E-state index in [1.165, 1.54) is 25.1 Å². The number of amides is 2. The van der Waals surface area contributed by atoms with Crippen LogP contribution in [0.2, 0.25) is 0 Å². The van der Waals surface area contributed by atoms with Gasteiger partial charge >= 0.3 is 5.97 Å². The van der Waals surface area contributed by atoms with Crippen molar-refractivity contribution in [2.45, 2.75) is 6.92 Å². The van der Waals surface area contributed by atoms with Gasteiger partial charge in [0, 0.05) is 23.7 Å². The summed E-state index contributed by atoms with van der Waals surface area (Å²) in [5.74, 6) is -2.11. The molecule has 130 valence electrons. The number of ether oxygens (including phenoxy) is 1. The number of hydrogen-bond acceptors (Lipinski definition) is 6. The first-order chi connectivity index (χ1) is 11.3. The van der Waals surface area contributed by atoms with Gasteiger partial charge in [-0.15, -0.1) is 0 Å². The Kier molecular flexibility index (Phi) is 7.30. The lowest BCUT2D eigenvalue weighted by Crippen LogP contribution is -2.38. The first-order valence-corrected chi connectivity index (χ1v) is 6.90. The van der Waals surface area contributed by atoms with Crippen molar-refractivity contribution in [1.29, 1.82) is 0 Å². The molecule has 1 rings (SSSR count). The molecule has 0 bridgehead atoms. The second kappa shape index (κ2) is 9.20. The maximum Gasteiger partial charge on any atom is 0.329 e. The zero-order chi connectivity index (χ0) is 18.1. The Hall–Kier alpha value is -3.01. The Morgan fingerprint density at radius 3 is 2.58 bits per heavy atom. The number of nitrogens with one attached hydrogen (secondary N) is 2. The molecule has 3 N–H and O–H groups in total. The third-order valence-corrected chi connectivity index (χ3v) is 2.86. The average Bonchev–Trinajstić information content (AvgIpc) is 2.51. The van der Waals surface area contributed by atoms with Crippen molar-refractivity contribution in [2.24, 2.45) is 0 Å². The summed E-state index contributed by atoms with van der Waals surface area (Å²) in [6.45, 7) is 0.921. The van der Waals surface area contributed by atoms with Crippen molar-refractivity contribution in [1.82, 2.24) is 10.6 Å². The Balaban J connectivity index is 2.37. The SMILES string of the molecule is Cc1cc(C(=O)NCC(=O)NCCOCC(=O)O)ccc1[N+](=O)[O-]. The topological polar surface area (TPSA) is 148 Å². The predicted octanol–water partition coefficient (Wildman–Crippen LogP) is -0.150. The van der Waals surface area contributed by atoms with Crippen LogP contribution in [0, 0.1) is 17.0 Å². The Morgan fingerprint density at radius 1 is 1.29 bits per heavy atom. The van der Waals surface area contributed by atoms with Gasteiger partial charge in [-0.3, -0.25) is 19.7 Å². The average molecular weight is 339 g/mol. The summed E-state index contributed by atoms with van der Waals surface area (Å²) in [6, 6.07) is 3.90. The molecular weight excluding hydrogens is 322 g/mol. The molecule has 2 amide bonds. The zero-order valence-electron chi connectivity index (χ0n) is 12.9. The van der Waals surface area contributed by atoms with Gasteiger partial charge in [0.15, 0.2) is 0 Å². The minimum atomic E-state index is -1.10. The van der Waals surface area contributed by atoms with E-state index in [4.69, 9.17) is 9.84 Å². The molecule has 1 aromatic carbocycles. The van der Waals surface area contributed by atoms with E-state index < -0.39 is 29.3 Å². The van der Waals surface area contributed by atoms with E-state index in [1.807, 2.05) is 0 Å². The molecule has 0 atom stereocenters. The fourth-order valence-corrected chi connectivity index (χ4v) is 1.75. The second-order valence-corrected chi connectivity index (χ2v) is 4.74. The lowest BCUT2D eigenvalue weighted by Gasteiger charge is -2.07. The number of carbonyl (C=O) groups excluding carboxylic acids is 2. The number of carboxylic acids is 1. The van der Waals surface area contributed by atoms with E-state index in [-0.39, 0.29) is 30.9 Å². The van der Waals surface area contributed by atoms with Gasteiger partial charge in [-0.25, -0.2) is 4.79 Å². The van der Waals surface area contributed by atoms with E-state index in [9.17, 15) is 24.5 Å². The Morgan fingerprint density at radius 2 is 2.00 bits per heavy atom. The Labute approximate surface area is 136 Å². The second-order valence-electron chi connectivity index (χ2n) is 4.74. The highest BCUT2D eigenvalue weighted by Crippen LogP contribution is 2.18. The molecule has 0 fully saturated rings.